The maximum absolute atomic E-state index is 9.91. The number of aliphatic hydroxyl groups excluding tert-OH is 4. The van der Waals surface area contributed by atoms with E-state index in [-0.39, 0.29) is 5.41 Å². The summed E-state index contributed by atoms with van der Waals surface area (Å²) in [7, 11) is 0. The van der Waals surface area contributed by atoms with Gasteiger partial charge in [0, 0.05) is 0 Å². The smallest absolute Gasteiger partial charge is 0.186 e. The summed E-state index contributed by atoms with van der Waals surface area (Å²) < 4.78 is 10.9. The van der Waals surface area contributed by atoms with E-state index in [0.29, 0.717) is 12.5 Å². The van der Waals surface area contributed by atoms with Crippen LogP contribution in [0, 0.1) is 11.3 Å². The van der Waals surface area contributed by atoms with Gasteiger partial charge in [-0.3, -0.25) is 0 Å². The lowest BCUT2D eigenvalue weighted by atomic mass is 9.76. The molecule has 6 nitrogen and oxygen atoms in total. The first-order valence-corrected chi connectivity index (χ1v) is 7.88. The quantitative estimate of drug-likeness (QED) is 0.540. The third-order valence-corrected chi connectivity index (χ3v) is 5.34. The Morgan fingerprint density at radius 3 is 2.45 bits per heavy atom. The van der Waals surface area contributed by atoms with Crippen molar-refractivity contribution in [3.63, 3.8) is 0 Å². The SMILES string of the molecule is CC1=CC[C@@H](CCO[C@@H]2O[C@H](CO)[C@@H](O)[C@H](O)[C@H]2O)C1(C)C. The third kappa shape index (κ3) is 3.37. The van der Waals surface area contributed by atoms with Crippen LogP contribution in [0.5, 0.6) is 0 Å². The van der Waals surface area contributed by atoms with Crippen molar-refractivity contribution in [1.82, 2.24) is 0 Å². The van der Waals surface area contributed by atoms with Crippen LogP contribution in [0.25, 0.3) is 0 Å². The minimum absolute atomic E-state index is 0.138. The van der Waals surface area contributed by atoms with Crippen molar-refractivity contribution >= 4 is 0 Å². The molecule has 2 rings (SSSR count). The Labute approximate surface area is 131 Å². The fourth-order valence-electron chi connectivity index (χ4n) is 3.21. The van der Waals surface area contributed by atoms with Gasteiger partial charge in [-0.1, -0.05) is 25.5 Å². The number of ether oxygens (including phenoxy) is 2. The van der Waals surface area contributed by atoms with Crippen LogP contribution in [0.3, 0.4) is 0 Å². The first-order chi connectivity index (χ1) is 10.3. The van der Waals surface area contributed by atoms with E-state index < -0.39 is 37.3 Å². The van der Waals surface area contributed by atoms with Crippen LogP contribution < -0.4 is 0 Å². The molecule has 6 heteroatoms. The van der Waals surface area contributed by atoms with Gasteiger partial charge in [0.15, 0.2) is 6.29 Å². The normalized spacial score (nSPS) is 41.5. The van der Waals surface area contributed by atoms with E-state index in [1.807, 2.05) is 0 Å². The van der Waals surface area contributed by atoms with Crippen LogP contribution in [0.4, 0.5) is 0 Å². The molecule has 0 aromatic carbocycles. The Kier molecular flexibility index (Phi) is 5.63. The molecule has 0 bridgehead atoms. The second-order valence-electron chi connectivity index (χ2n) is 6.90. The average molecular weight is 316 g/mol. The molecule has 1 aliphatic heterocycles. The molecule has 0 radical (unpaired) electrons. The van der Waals surface area contributed by atoms with E-state index in [1.54, 1.807) is 0 Å². The average Bonchev–Trinajstić information content (AvgIpc) is 2.73. The van der Waals surface area contributed by atoms with Gasteiger partial charge < -0.3 is 29.9 Å². The molecule has 0 spiro atoms. The summed E-state index contributed by atoms with van der Waals surface area (Å²) in [5, 5.41) is 38.5. The molecule has 1 heterocycles. The molecule has 22 heavy (non-hydrogen) atoms. The lowest BCUT2D eigenvalue weighted by molar-refractivity contribution is -0.301. The van der Waals surface area contributed by atoms with Crippen LogP contribution in [0.15, 0.2) is 11.6 Å². The number of aliphatic hydroxyl groups is 4. The molecule has 1 saturated heterocycles. The van der Waals surface area contributed by atoms with Gasteiger partial charge in [0.2, 0.25) is 0 Å². The Hall–Kier alpha value is -0.500. The summed E-state index contributed by atoms with van der Waals surface area (Å²) in [6.45, 7) is 6.51. The van der Waals surface area contributed by atoms with Gasteiger partial charge in [0.1, 0.15) is 24.4 Å². The standard InChI is InChI=1S/C16H28O6/c1-9-4-5-10(16(9,2)3)6-7-21-15-14(20)13(19)12(18)11(8-17)22-15/h4,10-15,17-20H,5-8H2,1-3H3/t10-,11+,12+,13-,14+,15+/m0/s1. The van der Waals surface area contributed by atoms with E-state index >= 15 is 0 Å². The lowest BCUT2D eigenvalue weighted by Crippen LogP contribution is -2.59. The zero-order valence-corrected chi connectivity index (χ0v) is 13.5. The van der Waals surface area contributed by atoms with Crippen LogP contribution in [-0.4, -0.2) is 64.3 Å². The molecule has 0 saturated carbocycles. The van der Waals surface area contributed by atoms with E-state index in [2.05, 4.69) is 26.8 Å². The van der Waals surface area contributed by atoms with Gasteiger partial charge in [0.05, 0.1) is 13.2 Å². The minimum atomic E-state index is -1.39. The molecular formula is C16H28O6. The summed E-state index contributed by atoms with van der Waals surface area (Å²) in [6, 6.07) is 0. The Balaban J connectivity index is 1.84. The monoisotopic (exact) mass is 316 g/mol. The van der Waals surface area contributed by atoms with Gasteiger partial charge in [0.25, 0.3) is 0 Å². The van der Waals surface area contributed by atoms with Gasteiger partial charge in [-0.25, -0.2) is 0 Å². The van der Waals surface area contributed by atoms with Crippen molar-refractivity contribution in [2.45, 2.75) is 64.3 Å². The van der Waals surface area contributed by atoms with Crippen LogP contribution in [-0.2, 0) is 9.47 Å². The molecule has 128 valence electrons. The summed E-state index contributed by atoms with van der Waals surface area (Å²) in [6.07, 6.45) is -1.94. The van der Waals surface area contributed by atoms with Crippen LogP contribution in [0.1, 0.15) is 33.6 Å². The summed E-state index contributed by atoms with van der Waals surface area (Å²) in [4.78, 5) is 0. The van der Waals surface area contributed by atoms with E-state index in [1.165, 1.54) is 5.57 Å². The Bertz CT molecular complexity index is 405. The van der Waals surface area contributed by atoms with Gasteiger partial charge in [-0.2, -0.15) is 0 Å². The van der Waals surface area contributed by atoms with Crippen molar-refractivity contribution in [2.24, 2.45) is 11.3 Å². The highest BCUT2D eigenvalue weighted by Crippen LogP contribution is 2.44. The van der Waals surface area contributed by atoms with E-state index in [9.17, 15) is 15.3 Å². The highest BCUT2D eigenvalue weighted by Gasteiger charge is 2.44. The van der Waals surface area contributed by atoms with Crippen LogP contribution >= 0.6 is 0 Å². The van der Waals surface area contributed by atoms with Crippen LogP contribution in [0.2, 0.25) is 0 Å². The maximum atomic E-state index is 9.91. The Morgan fingerprint density at radius 2 is 1.91 bits per heavy atom. The predicted octanol–water partition coefficient (Wildman–Crippen LogP) is 0.185. The predicted molar refractivity (Wildman–Crippen MR) is 80.0 cm³/mol. The molecule has 0 aromatic heterocycles. The number of hydrogen-bond donors (Lipinski definition) is 4. The topological polar surface area (TPSA) is 99.4 Å². The molecular weight excluding hydrogens is 288 g/mol. The van der Waals surface area contributed by atoms with Gasteiger partial charge in [-0.15, -0.1) is 0 Å². The molecule has 2 aliphatic rings. The zero-order chi connectivity index (χ0) is 16.5. The maximum Gasteiger partial charge on any atom is 0.186 e. The minimum Gasteiger partial charge on any atom is -0.394 e. The molecule has 4 N–H and O–H groups in total. The molecule has 0 unspecified atom stereocenters. The first-order valence-electron chi connectivity index (χ1n) is 7.88. The highest BCUT2D eigenvalue weighted by molar-refractivity contribution is 5.18. The summed E-state index contributed by atoms with van der Waals surface area (Å²) in [5.74, 6) is 0.470. The number of rotatable bonds is 5. The summed E-state index contributed by atoms with van der Waals surface area (Å²) >= 11 is 0. The van der Waals surface area contributed by atoms with E-state index in [4.69, 9.17) is 14.6 Å². The van der Waals surface area contributed by atoms with Gasteiger partial charge >= 0.3 is 0 Å². The number of allylic oxidation sites excluding steroid dienone is 2. The second-order valence-corrected chi connectivity index (χ2v) is 6.90. The van der Waals surface area contributed by atoms with Gasteiger partial charge in [-0.05, 0) is 31.1 Å². The molecule has 0 aromatic rings. The zero-order valence-electron chi connectivity index (χ0n) is 13.5. The highest BCUT2D eigenvalue weighted by atomic mass is 16.7. The van der Waals surface area contributed by atoms with Crippen molar-refractivity contribution in [2.75, 3.05) is 13.2 Å². The number of hydrogen-bond acceptors (Lipinski definition) is 6. The lowest BCUT2D eigenvalue weighted by Gasteiger charge is -2.40. The Morgan fingerprint density at radius 1 is 1.23 bits per heavy atom. The van der Waals surface area contributed by atoms with Crippen molar-refractivity contribution in [3.8, 4) is 0 Å². The fourth-order valence-corrected chi connectivity index (χ4v) is 3.21. The fraction of sp³-hybridized carbons (Fsp3) is 0.875. The molecule has 1 aliphatic carbocycles. The van der Waals surface area contributed by atoms with Crippen molar-refractivity contribution in [3.05, 3.63) is 11.6 Å². The molecule has 0 amide bonds. The van der Waals surface area contributed by atoms with Crippen molar-refractivity contribution < 1.29 is 29.9 Å². The first kappa shape index (κ1) is 17.8. The third-order valence-electron chi connectivity index (χ3n) is 5.34. The van der Waals surface area contributed by atoms with Crippen molar-refractivity contribution in [1.29, 1.82) is 0 Å². The summed E-state index contributed by atoms with van der Waals surface area (Å²) in [5.41, 5.74) is 1.52. The second kappa shape index (κ2) is 6.95. The largest absolute Gasteiger partial charge is 0.394 e. The molecule has 6 atom stereocenters. The molecule has 1 fully saturated rings. The van der Waals surface area contributed by atoms with E-state index in [0.717, 1.165) is 12.8 Å².